The van der Waals surface area contributed by atoms with E-state index in [1.54, 1.807) is 6.07 Å². The van der Waals surface area contributed by atoms with Crippen molar-refractivity contribution in [3.63, 3.8) is 0 Å². The first-order valence-corrected chi connectivity index (χ1v) is 11.7. The summed E-state index contributed by atoms with van der Waals surface area (Å²) in [6.07, 6.45) is 1.43. The number of hydrogen-bond donors (Lipinski definition) is 3. The first kappa shape index (κ1) is 22.7. The lowest BCUT2D eigenvalue weighted by Gasteiger charge is -2.41. The average molecular weight is 475 g/mol. The van der Waals surface area contributed by atoms with Crippen LogP contribution in [0, 0.1) is 0 Å². The molecule has 35 heavy (non-hydrogen) atoms. The van der Waals surface area contributed by atoms with Crippen molar-refractivity contribution in [3.05, 3.63) is 83.3 Å². The molecule has 1 saturated carbocycles. The van der Waals surface area contributed by atoms with Crippen LogP contribution in [-0.4, -0.2) is 35.2 Å². The number of ether oxygens (including phenoxy) is 1. The van der Waals surface area contributed by atoms with Gasteiger partial charge < -0.3 is 24.9 Å². The third-order valence-electron chi connectivity index (χ3n) is 6.82. The molecule has 1 fully saturated rings. The second-order valence-corrected chi connectivity index (χ2v) is 9.10. The highest BCUT2D eigenvalue weighted by molar-refractivity contribution is 5.92. The van der Waals surface area contributed by atoms with Crippen LogP contribution in [0.2, 0.25) is 0 Å². The molecule has 5 rings (SSSR count). The molecule has 0 spiro atoms. The van der Waals surface area contributed by atoms with Gasteiger partial charge in [-0.1, -0.05) is 48.5 Å². The number of carbonyl (C=O) groups is 3. The first-order chi connectivity index (χ1) is 16.9. The van der Waals surface area contributed by atoms with Gasteiger partial charge in [-0.15, -0.1) is 0 Å². The van der Waals surface area contributed by atoms with Crippen molar-refractivity contribution < 1.29 is 28.6 Å². The van der Waals surface area contributed by atoms with E-state index in [9.17, 15) is 14.4 Å². The summed E-state index contributed by atoms with van der Waals surface area (Å²) < 4.78 is 11.1. The molecular weight excluding hydrogens is 448 g/mol. The van der Waals surface area contributed by atoms with Crippen LogP contribution in [0.4, 0.5) is 4.79 Å². The van der Waals surface area contributed by atoms with Crippen LogP contribution in [0.15, 0.2) is 65.1 Å². The molecular formula is C27H26N2O6. The fraction of sp³-hybridized carbons (Fsp3) is 0.296. The van der Waals surface area contributed by atoms with Crippen molar-refractivity contribution in [2.75, 3.05) is 6.61 Å². The smallest absolute Gasteiger partial charge is 0.407 e. The second-order valence-electron chi connectivity index (χ2n) is 9.10. The van der Waals surface area contributed by atoms with Crippen molar-refractivity contribution >= 4 is 18.0 Å². The van der Waals surface area contributed by atoms with E-state index >= 15 is 0 Å². The number of carboxylic acid groups (broad SMARTS) is 1. The molecule has 0 radical (unpaired) electrons. The largest absolute Gasteiger partial charge is 0.481 e. The molecule has 2 aromatic carbocycles. The molecule has 0 unspecified atom stereocenters. The zero-order valence-electron chi connectivity index (χ0n) is 19.1. The average Bonchev–Trinajstić information content (AvgIpc) is 3.43. The predicted molar refractivity (Wildman–Crippen MR) is 127 cm³/mol. The number of aliphatic carboxylic acids is 1. The molecule has 8 heteroatoms. The van der Waals surface area contributed by atoms with Gasteiger partial charge in [0.15, 0.2) is 5.76 Å². The maximum Gasteiger partial charge on any atom is 0.407 e. The van der Waals surface area contributed by atoms with Gasteiger partial charge in [0.1, 0.15) is 12.4 Å². The lowest BCUT2D eigenvalue weighted by Crippen LogP contribution is -2.54. The Kier molecular flexibility index (Phi) is 6.03. The van der Waals surface area contributed by atoms with Crippen LogP contribution in [-0.2, 0) is 16.1 Å². The van der Waals surface area contributed by atoms with Crippen LogP contribution in [0.5, 0.6) is 0 Å². The SMILES string of the molecule is O=C(O)CC1(NC(=O)c2ccc(CNC(=O)OCC3c4ccccc4-c4ccccc43)o2)CCC1. The highest BCUT2D eigenvalue weighted by atomic mass is 16.5. The van der Waals surface area contributed by atoms with Crippen molar-refractivity contribution in [1.82, 2.24) is 10.6 Å². The summed E-state index contributed by atoms with van der Waals surface area (Å²) >= 11 is 0. The fourth-order valence-electron chi connectivity index (χ4n) is 4.95. The molecule has 2 aliphatic carbocycles. The van der Waals surface area contributed by atoms with Gasteiger partial charge in [-0.25, -0.2) is 4.79 Å². The van der Waals surface area contributed by atoms with E-state index in [1.807, 2.05) is 24.3 Å². The minimum Gasteiger partial charge on any atom is -0.481 e. The molecule has 0 aliphatic heterocycles. The lowest BCUT2D eigenvalue weighted by atomic mass is 9.74. The number of alkyl carbamates (subject to hydrolysis) is 1. The van der Waals surface area contributed by atoms with Gasteiger partial charge in [0, 0.05) is 5.92 Å². The molecule has 1 heterocycles. The van der Waals surface area contributed by atoms with E-state index in [-0.39, 0.29) is 31.3 Å². The van der Waals surface area contributed by atoms with Crippen molar-refractivity contribution in [2.45, 2.75) is 43.7 Å². The molecule has 3 aromatic rings. The number of carboxylic acids is 1. The quantitative estimate of drug-likeness (QED) is 0.444. The van der Waals surface area contributed by atoms with Gasteiger partial charge in [-0.05, 0) is 53.6 Å². The maximum absolute atomic E-state index is 12.5. The third kappa shape index (κ3) is 4.64. The molecule has 180 valence electrons. The Hall–Kier alpha value is -4.07. The number of hydrogen-bond acceptors (Lipinski definition) is 5. The Balaban J connectivity index is 1.14. The number of rotatable bonds is 8. The number of nitrogens with one attached hydrogen (secondary N) is 2. The first-order valence-electron chi connectivity index (χ1n) is 11.7. The van der Waals surface area contributed by atoms with Crippen molar-refractivity contribution in [1.29, 1.82) is 0 Å². The molecule has 1 aromatic heterocycles. The van der Waals surface area contributed by atoms with Crippen LogP contribution in [0.1, 0.15) is 59.0 Å². The van der Waals surface area contributed by atoms with Crippen molar-refractivity contribution in [3.8, 4) is 11.1 Å². The van der Waals surface area contributed by atoms with E-state index < -0.39 is 23.5 Å². The van der Waals surface area contributed by atoms with E-state index in [0.29, 0.717) is 18.6 Å². The Morgan fingerprint density at radius 1 is 0.971 bits per heavy atom. The van der Waals surface area contributed by atoms with Gasteiger partial charge >= 0.3 is 12.1 Å². The third-order valence-corrected chi connectivity index (χ3v) is 6.82. The summed E-state index contributed by atoms with van der Waals surface area (Å²) in [4.78, 5) is 36.0. The highest BCUT2D eigenvalue weighted by Gasteiger charge is 2.41. The predicted octanol–water partition coefficient (Wildman–Crippen LogP) is 4.45. The normalized spacial score (nSPS) is 15.4. The molecule has 0 saturated heterocycles. The van der Waals surface area contributed by atoms with Crippen LogP contribution < -0.4 is 10.6 Å². The van der Waals surface area contributed by atoms with Crippen LogP contribution in [0.3, 0.4) is 0 Å². The summed E-state index contributed by atoms with van der Waals surface area (Å²) in [5.41, 5.74) is 3.87. The summed E-state index contributed by atoms with van der Waals surface area (Å²) in [7, 11) is 0. The van der Waals surface area contributed by atoms with Gasteiger partial charge in [-0.3, -0.25) is 9.59 Å². The van der Waals surface area contributed by atoms with Crippen molar-refractivity contribution in [2.24, 2.45) is 0 Å². The van der Waals surface area contributed by atoms with Gasteiger partial charge in [-0.2, -0.15) is 0 Å². The maximum atomic E-state index is 12.5. The number of amides is 2. The summed E-state index contributed by atoms with van der Waals surface area (Å²) in [6.45, 7) is 0.265. The van der Waals surface area contributed by atoms with E-state index in [2.05, 4.69) is 34.9 Å². The number of furan rings is 1. The molecule has 2 amide bonds. The monoisotopic (exact) mass is 474 g/mol. The zero-order chi connectivity index (χ0) is 24.4. The Morgan fingerprint density at radius 3 is 2.23 bits per heavy atom. The Morgan fingerprint density at radius 2 is 1.63 bits per heavy atom. The van der Waals surface area contributed by atoms with Gasteiger partial charge in [0.2, 0.25) is 0 Å². The second kappa shape index (κ2) is 9.29. The van der Waals surface area contributed by atoms with E-state index in [0.717, 1.165) is 28.7 Å². The summed E-state index contributed by atoms with van der Waals surface area (Å²) in [6, 6.07) is 19.3. The summed E-state index contributed by atoms with van der Waals surface area (Å²) in [5.74, 6) is -0.969. The molecule has 8 nitrogen and oxygen atoms in total. The fourth-order valence-corrected chi connectivity index (χ4v) is 4.95. The molecule has 0 atom stereocenters. The van der Waals surface area contributed by atoms with Gasteiger partial charge in [0.25, 0.3) is 5.91 Å². The van der Waals surface area contributed by atoms with E-state index in [1.165, 1.54) is 6.07 Å². The molecule has 0 bridgehead atoms. The summed E-state index contributed by atoms with van der Waals surface area (Å²) in [5, 5.41) is 14.6. The Bertz CT molecular complexity index is 1230. The number of fused-ring (bicyclic) bond motifs is 3. The van der Waals surface area contributed by atoms with Gasteiger partial charge in [0.05, 0.1) is 18.5 Å². The lowest BCUT2D eigenvalue weighted by molar-refractivity contribution is -0.139. The van der Waals surface area contributed by atoms with Crippen LogP contribution in [0.25, 0.3) is 11.1 Å². The van der Waals surface area contributed by atoms with E-state index in [4.69, 9.17) is 14.3 Å². The number of benzene rings is 2. The highest BCUT2D eigenvalue weighted by Crippen LogP contribution is 2.44. The number of carbonyl (C=O) groups excluding carboxylic acids is 2. The zero-order valence-corrected chi connectivity index (χ0v) is 19.1. The topological polar surface area (TPSA) is 118 Å². The van der Waals surface area contributed by atoms with Crippen LogP contribution >= 0.6 is 0 Å². The minimum absolute atomic E-state index is 0.0308. The molecule has 3 N–H and O–H groups in total. The minimum atomic E-state index is -0.947. The molecule has 2 aliphatic rings. The Labute approximate surface area is 202 Å². The standard InChI is InChI=1S/C27H26N2O6/c30-24(31)14-27(12-5-13-27)29-25(32)23-11-10-17(35-23)15-28-26(33)34-16-22-20-8-3-1-6-18(20)19-7-2-4-9-21(19)22/h1-4,6-11,22H,5,12-16H2,(H,28,33)(H,29,32)(H,30,31).